The number of carboxylic acid groups (broad SMARTS) is 8. The molecule has 50 heteroatoms. The van der Waals surface area contributed by atoms with Crippen molar-refractivity contribution in [3.05, 3.63) is 60.7 Å². The second-order valence-electron chi connectivity index (χ2n) is 23.7. The highest BCUT2D eigenvalue weighted by molar-refractivity contribution is 7.90. The SMILES string of the molecule is CC(=O)N[C@@H](CC(=O)O)C(=O)N[C@@H](CCC(=O)O)C(=O)N[C@H](C(=O)N[C@@H](CC(=O)O)C(=O)O)C(C)C.CC(=O)N[C@@H](CC(=O)O)C(=O)N[C@@H](CCC(=O)O)C(=O)N[C@H](C(=O)N[C@@H](CC(=O)O)C(=O)O)C(C)C.CS(=O)(=O)NCC(=O)CNS(C)(=O)=O.O=C(CNS(=O)(=O)c1ccccc1)CNS(=O)(=O)c1ccccc1. The minimum Gasteiger partial charge on any atom is -0.481 e. The van der Waals surface area contributed by atoms with Crippen molar-refractivity contribution in [3.8, 4) is 0 Å². The standard InChI is InChI=1S/2C20H30N4O12.C15H16N2O5S2.C5H12N2O5S2/c2*1-8(2)16(19(34)23-12(20(35)36)7-15(30)31)24-17(32)10(4-5-13(26)27)22-18(33)11(6-14(28)29)21-9(3)25;18-13(11-16-23(19,20)14-7-3-1-4-8-14)12-17-24(21,22)15-9-5-2-6-10-15;1-13(9,10)6-3-5(8)4-7-14(2,11)12/h2*8,10-12,16H,4-7H2,1-3H3,(H,21,25)(H,22,33)(H,23,34)(H,24,32)(H,26,27)(H,28,29)(H,30,31)(H,35,36);1-10,16-17H,11-12H2;6-7H,3-4H2,1-2H3/t2*10-,11-,12-,16-;;/m00../s1. The van der Waals surface area contributed by atoms with Gasteiger partial charge in [0.1, 0.15) is 48.3 Å². The average Bonchev–Trinajstić information content (AvgIpc) is 0.861. The van der Waals surface area contributed by atoms with Crippen molar-refractivity contribution >= 4 is 147 Å². The van der Waals surface area contributed by atoms with E-state index in [2.05, 4.69) is 41.3 Å². The Labute approximate surface area is 628 Å². The lowest BCUT2D eigenvalue weighted by molar-refractivity contribution is -0.147. The maximum atomic E-state index is 12.9. The quantitative estimate of drug-likeness (QED) is 0.0293. The van der Waals surface area contributed by atoms with E-state index >= 15 is 0 Å². The van der Waals surface area contributed by atoms with Crippen molar-refractivity contribution in [1.82, 2.24) is 61.4 Å². The maximum absolute atomic E-state index is 12.9. The van der Waals surface area contributed by atoms with Gasteiger partial charge in [0.25, 0.3) is 0 Å². The van der Waals surface area contributed by atoms with E-state index in [-0.39, 0.29) is 9.79 Å². The Morgan fingerprint density at radius 2 is 0.564 bits per heavy atom. The van der Waals surface area contributed by atoms with E-state index in [0.29, 0.717) is 0 Å². The van der Waals surface area contributed by atoms with Gasteiger partial charge in [-0.2, -0.15) is 0 Å². The number of aliphatic carboxylic acids is 8. The zero-order valence-electron chi connectivity index (χ0n) is 59.9. The molecule has 110 heavy (non-hydrogen) atoms. The van der Waals surface area contributed by atoms with Crippen molar-refractivity contribution in [2.24, 2.45) is 11.8 Å². The molecule has 616 valence electrons. The highest BCUT2D eigenvalue weighted by atomic mass is 32.2. The van der Waals surface area contributed by atoms with Gasteiger partial charge in [-0.05, 0) is 48.9 Å². The Bertz CT molecular complexity index is 3800. The minimum atomic E-state index is -3.81. The molecule has 8 atom stereocenters. The molecule has 0 saturated carbocycles. The molecule has 8 amide bonds. The smallest absolute Gasteiger partial charge is 0.326 e. The summed E-state index contributed by atoms with van der Waals surface area (Å²) in [6.45, 7) is 6.11. The molecule has 0 aromatic heterocycles. The predicted molar refractivity (Wildman–Crippen MR) is 373 cm³/mol. The fraction of sp³-hybridized carbons (Fsp3) is 0.500. The largest absolute Gasteiger partial charge is 0.481 e. The Morgan fingerprint density at radius 1 is 0.318 bits per heavy atom. The van der Waals surface area contributed by atoms with Crippen LogP contribution in [0.3, 0.4) is 0 Å². The number of carboxylic acids is 8. The van der Waals surface area contributed by atoms with Gasteiger partial charge in [-0.1, -0.05) is 64.1 Å². The van der Waals surface area contributed by atoms with Gasteiger partial charge >= 0.3 is 47.8 Å². The van der Waals surface area contributed by atoms with Crippen LogP contribution >= 0.6 is 0 Å². The van der Waals surface area contributed by atoms with Gasteiger partial charge in [-0.15, -0.1) is 0 Å². The Balaban J connectivity index is 0. The molecule has 0 bridgehead atoms. The zero-order valence-corrected chi connectivity index (χ0v) is 63.1. The van der Waals surface area contributed by atoms with Crippen molar-refractivity contribution in [3.63, 3.8) is 0 Å². The maximum Gasteiger partial charge on any atom is 0.326 e. The van der Waals surface area contributed by atoms with Crippen LogP contribution in [0.4, 0.5) is 0 Å². The van der Waals surface area contributed by atoms with Gasteiger partial charge < -0.3 is 83.4 Å². The molecule has 0 saturated heterocycles. The molecule has 46 nitrogen and oxygen atoms in total. The first-order chi connectivity index (χ1) is 50.5. The van der Waals surface area contributed by atoms with Crippen molar-refractivity contribution in [2.45, 2.75) is 151 Å². The van der Waals surface area contributed by atoms with Crippen LogP contribution in [-0.2, 0) is 126 Å². The van der Waals surface area contributed by atoms with Crippen LogP contribution < -0.4 is 61.4 Å². The van der Waals surface area contributed by atoms with Crippen LogP contribution in [0.5, 0.6) is 0 Å². The van der Waals surface area contributed by atoms with Gasteiger partial charge in [-0.25, -0.2) is 62.1 Å². The van der Waals surface area contributed by atoms with Crippen molar-refractivity contribution in [1.29, 1.82) is 0 Å². The second-order valence-corrected chi connectivity index (χ2v) is 30.9. The van der Waals surface area contributed by atoms with Crippen LogP contribution in [0.1, 0.15) is 92.9 Å². The molecule has 0 aliphatic carbocycles. The van der Waals surface area contributed by atoms with Crippen LogP contribution in [0, 0.1) is 11.8 Å². The van der Waals surface area contributed by atoms with E-state index in [4.69, 9.17) is 40.9 Å². The fourth-order valence-corrected chi connectivity index (χ4v) is 10.9. The summed E-state index contributed by atoms with van der Waals surface area (Å²) in [4.78, 5) is 210. The average molecular weight is 1650 g/mol. The minimum absolute atomic E-state index is 0.0302. The summed E-state index contributed by atoms with van der Waals surface area (Å²) in [5, 5.41) is 88.7. The second kappa shape index (κ2) is 49.1. The van der Waals surface area contributed by atoms with Crippen LogP contribution in [0.25, 0.3) is 0 Å². The highest BCUT2D eigenvalue weighted by Crippen LogP contribution is 2.12. The number of hydrogen-bond donors (Lipinski definition) is 20. The van der Waals surface area contributed by atoms with Gasteiger partial charge in [0, 0.05) is 26.7 Å². The molecule has 2 aromatic rings. The van der Waals surface area contributed by atoms with Crippen molar-refractivity contribution < 1.29 is 161 Å². The zero-order chi connectivity index (χ0) is 85.4. The van der Waals surface area contributed by atoms with Gasteiger partial charge in [0.2, 0.25) is 87.4 Å². The fourth-order valence-electron chi connectivity index (χ4n) is 7.99. The molecule has 2 aromatic carbocycles. The first-order valence-electron chi connectivity index (χ1n) is 31.7. The molecule has 0 unspecified atom stereocenters. The molecule has 0 heterocycles. The Hall–Kier alpha value is -11.1. The Morgan fingerprint density at radius 3 is 0.791 bits per heavy atom. The number of ketones is 2. The summed E-state index contributed by atoms with van der Waals surface area (Å²) >= 11 is 0. The Kier molecular flexibility index (Phi) is 45.1. The number of benzene rings is 2. The number of rotatable bonds is 46. The molecule has 0 radical (unpaired) electrons. The molecule has 0 aliphatic heterocycles. The van der Waals surface area contributed by atoms with Crippen LogP contribution in [0.2, 0.25) is 0 Å². The summed E-state index contributed by atoms with van der Waals surface area (Å²) < 4.78 is 98.1. The van der Waals surface area contributed by atoms with E-state index in [1.54, 1.807) is 36.4 Å². The number of hydrogen-bond acceptors (Lipinski definition) is 26. The predicted octanol–water partition coefficient (Wildman–Crippen LogP) is -6.83. The first kappa shape index (κ1) is 101. The molecule has 0 aliphatic rings. The summed E-state index contributed by atoms with van der Waals surface area (Å²) in [5.74, 6) is -22.2. The number of amides is 8. The highest BCUT2D eigenvalue weighted by Gasteiger charge is 2.36. The molecule has 0 fully saturated rings. The summed E-state index contributed by atoms with van der Waals surface area (Å²) in [6.07, 6.45) is -3.91. The summed E-state index contributed by atoms with van der Waals surface area (Å²) in [5.41, 5.74) is 0. The lowest BCUT2D eigenvalue weighted by Gasteiger charge is -2.27. The summed E-state index contributed by atoms with van der Waals surface area (Å²) in [7, 11) is -14.5. The molecule has 2 rings (SSSR count). The van der Waals surface area contributed by atoms with Crippen LogP contribution in [0.15, 0.2) is 70.5 Å². The molecular formula is C60H88N12O34S4. The van der Waals surface area contributed by atoms with E-state index in [1.807, 2.05) is 20.1 Å². The van der Waals surface area contributed by atoms with Gasteiger partial charge in [-0.3, -0.25) is 76.7 Å². The first-order valence-corrected chi connectivity index (χ1v) is 38.4. The summed E-state index contributed by atoms with van der Waals surface area (Å²) in [6, 6.07) is 2.39. The van der Waals surface area contributed by atoms with E-state index in [9.17, 15) is 120 Å². The lowest BCUT2D eigenvalue weighted by atomic mass is 10.0. The normalized spacial score (nSPS) is 13.3. The third-order valence-electron chi connectivity index (χ3n) is 13.3. The van der Waals surface area contributed by atoms with E-state index < -0.39 is 284 Å². The van der Waals surface area contributed by atoms with Crippen molar-refractivity contribution in [2.75, 3.05) is 38.7 Å². The van der Waals surface area contributed by atoms with Crippen LogP contribution in [-0.4, -0.2) is 268 Å². The number of nitrogens with one attached hydrogen (secondary N) is 12. The molecular weight excluding hydrogens is 1560 g/mol. The topological polar surface area (TPSA) is 750 Å². The third kappa shape index (κ3) is 46.2. The lowest BCUT2D eigenvalue weighted by Crippen LogP contribution is -2.59. The van der Waals surface area contributed by atoms with E-state index in [0.717, 1.165) is 26.4 Å². The van der Waals surface area contributed by atoms with E-state index in [1.165, 1.54) is 52.0 Å². The molecule has 0 spiro atoms. The van der Waals surface area contributed by atoms with Gasteiger partial charge in [0.15, 0.2) is 11.6 Å². The number of sulfonamides is 4. The number of Topliss-reactive ketones (excluding diaryl/α,β-unsaturated/α-hetero) is 2. The monoisotopic (exact) mass is 1650 g/mol. The number of carbonyl (C=O) groups excluding carboxylic acids is 10. The molecule has 20 N–H and O–H groups in total. The third-order valence-corrected chi connectivity index (χ3v) is 17.4. The number of carbonyl (C=O) groups is 18. The van der Waals surface area contributed by atoms with Gasteiger partial charge in [0.05, 0.1) is 74.2 Å².